The van der Waals surface area contributed by atoms with Crippen molar-refractivity contribution in [3.8, 4) is 11.5 Å². The molecule has 0 radical (unpaired) electrons. The number of nitrogens with zero attached hydrogens (tertiary/aromatic N) is 1. The van der Waals surface area contributed by atoms with Crippen molar-refractivity contribution in [3.63, 3.8) is 0 Å². The summed E-state index contributed by atoms with van der Waals surface area (Å²) in [5, 5.41) is 0. The van der Waals surface area contributed by atoms with E-state index in [1.165, 1.54) is 0 Å². The van der Waals surface area contributed by atoms with E-state index in [0.717, 1.165) is 11.8 Å². The molecule has 0 saturated carbocycles. The molecule has 27 heavy (non-hydrogen) atoms. The zero-order valence-electron chi connectivity index (χ0n) is 15.3. The van der Waals surface area contributed by atoms with E-state index >= 15 is 0 Å². The van der Waals surface area contributed by atoms with Gasteiger partial charge in [0.25, 0.3) is 5.91 Å². The standard InChI is InChI=1S/C21H23NO5/c1-2-26-19-14-16(15-23)8-9-18(19)27-20(17-6-4-3-5-7-17)21(24)22-10-12-25-13-11-22/h3-9,14-15,20H,2,10-13H2,1H3/t20-/m0/s1. The lowest BCUT2D eigenvalue weighted by molar-refractivity contribution is -0.143. The molecule has 1 fully saturated rings. The summed E-state index contributed by atoms with van der Waals surface area (Å²) in [6.45, 7) is 4.38. The van der Waals surface area contributed by atoms with Gasteiger partial charge in [0.15, 0.2) is 11.5 Å². The minimum atomic E-state index is -0.800. The molecule has 1 saturated heterocycles. The zero-order chi connectivity index (χ0) is 19.1. The van der Waals surface area contributed by atoms with Crippen molar-refractivity contribution >= 4 is 12.2 Å². The Kier molecular flexibility index (Phi) is 6.44. The van der Waals surface area contributed by atoms with Gasteiger partial charge in [-0.15, -0.1) is 0 Å². The second kappa shape index (κ2) is 9.19. The Balaban J connectivity index is 1.92. The van der Waals surface area contributed by atoms with Crippen molar-refractivity contribution in [3.05, 3.63) is 59.7 Å². The molecule has 2 aromatic rings. The van der Waals surface area contributed by atoms with Crippen LogP contribution in [0.5, 0.6) is 11.5 Å². The monoisotopic (exact) mass is 369 g/mol. The molecule has 0 spiro atoms. The summed E-state index contributed by atoms with van der Waals surface area (Å²) in [5.74, 6) is 0.752. The van der Waals surface area contributed by atoms with Gasteiger partial charge in [-0.05, 0) is 25.1 Å². The summed E-state index contributed by atoms with van der Waals surface area (Å²) in [4.78, 5) is 26.0. The van der Waals surface area contributed by atoms with Crippen LogP contribution in [0.15, 0.2) is 48.5 Å². The lowest BCUT2D eigenvalue weighted by atomic mass is 10.1. The third-order valence-corrected chi connectivity index (χ3v) is 4.30. The Morgan fingerprint density at radius 3 is 2.56 bits per heavy atom. The van der Waals surface area contributed by atoms with Crippen LogP contribution in [0.3, 0.4) is 0 Å². The lowest BCUT2D eigenvalue weighted by Gasteiger charge is -2.31. The number of ether oxygens (including phenoxy) is 3. The number of aldehydes is 1. The number of benzene rings is 2. The summed E-state index contributed by atoms with van der Waals surface area (Å²) < 4.78 is 17.1. The van der Waals surface area contributed by atoms with E-state index in [1.54, 1.807) is 23.1 Å². The van der Waals surface area contributed by atoms with Crippen LogP contribution in [0.2, 0.25) is 0 Å². The first kappa shape index (κ1) is 18.9. The molecule has 0 N–H and O–H groups in total. The highest BCUT2D eigenvalue weighted by Crippen LogP contribution is 2.33. The van der Waals surface area contributed by atoms with Gasteiger partial charge in [0.1, 0.15) is 6.29 Å². The fourth-order valence-electron chi connectivity index (χ4n) is 2.93. The van der Waals surface area contributed by atoms with Crippen molar-refractivity contribution < 1.29 is 23.8 Å². The Hall–Kier alpha value is -2.86. The SMILES string of the molecule is CCOc1cc(C=O)ccc1O[C@H](C(=O)N1CCOCC1)c1ccccc1. The molecular formula is C21H23NO5. The quantitative estimate of drug-likeness (QED) is 0.702. The number of hydrogen-bond acceptors (Lipinski definition) is 5. The predicted molar refractivity (Wildman–Crippen MR) is 100 cm³/mol. The number of carbonyl (C=O) groups is 2. The molecule has 142 valence electrons. The fourth-order valence-corrected chi connectivity index (χ4v) is 2.93. The maximum atomic E-state index is 13.1. The highest BCUT2D eigenvalue weighted by atomic mass is 16.5. The Morgan fingerprint density at radius 1 is 1.15 bits per heavy atom. The van der Waals surface area contributed by atoms with Gasteiger partial charge in [0, 0.05) is 24.2 Å². The molecular weight excluding hydrogens is 346 g/mol. The van der Waals surface area contributed by atoms with Crippen LogP contribution < -0.4 is 9.47 Å². The van der Waals surface area contributed by atoms with Gasteiger partial charge in [0.2, 0.25) is 6.10 Å². The number of amides is 1. The fraction of sp³-hybridized carbons (Fsp3) is 0.333. The topological polar surface area (TPSA) is 65.1 Å². The third-order valence-electron chi connectivity index (χ3n) is 4.30. The van der Waals surface area contributed by atoms with Crippen molar-refractivity contribution in [2.75, 3.05) is 32.9 Å². The van der Waals surface area contributed by atoms with Gasteiger partial charge in [0.05, 0.1) is 19.8 Å². The summed E-state index contributed by atoms with van der Waals surface area (Å²) in [6, 6.07) is 14.3. The van der Waals surface area contributed by atoms with Gasteiger partial charge in [-0.3, -0.25) is 9.59 Å². The van der Waals surface area contributed by atoms with E-state index in [4.69, 9.17) is 14.2 Å². The van der Waals surface area contributed by atoms with E-state index in [-0.39, 0.29) is 5.91 Å². The van der Waals surface area contributed by atoms with Gasteiger partial charge in [-0.2, -0.15) is 0 Å². The minimum absolute atomic E-state index is 0.119. The molecule has 3 rings (SSSR count). The van der Waals surface area contributed by atoms with Crippen LogP contribution in [0, 0.1) is 0 Å². The Morgan fingerprint density at radius 2 is 1.89 bits per heavy atom. The maximum Gasteiger partial charge on any atom is 0.268 e. The Bertz CT molecular complexity index is 771. The highest BCUT2D eigenvalue weighted by molar-refractivity contribution is 5.83. The van der Waals surface area contributed by atoms with E-state index < -0.39 is 6.10 Å². The maximum absolute atomic E-state index is 13.1. The molecule has 1 amide bonds. The molecule has 0 aliphatic carbocycles. The molecule has 1 aliphatic heterocycles. The third kappa shape index (κ3) is 4.65. The molecule has 0 bridgehead atoms. The van der Waals surface area contributed by atoms with E-state index in [9.17, 15) is 9.59 Å². The molecule has 6 heteroatoms. The number of hydrogen-bond donors (Lipinski definition) is 0. The normalized spacial score (nSPS) is 15.1. The average Bonchev–Trinajstić information content (AvgIpc) is 2.73. The van der Waals surface area contributed by atoms with E-state index in [1.807, 2.05) is 37.3 Å². The largest absolute Gasteiger partial charge is 0.490 e. The van der Waals surface area contributed by atoms with Crippen LogP contribution >= 0.6 is 0 Å². The first-order chi connectivity index (χ1) is 13.2. The summed E-state index contributed by atoms with van der Waals surface area (Å²) in [7, 11) is 0. The van der Waals surface area contributed by atoms with Crippen LogP contribution in [0.1, 0.15) is 28.9 Å². The number of carbonyl (C=O) groups excluding carboxylic acids is 2. The summed E-state index contributed by atoms with van der Waals surface area (Å²) in [5.41, 5.74) is 1.25. The second-order valence-corrected chi connectivity index (χ2v) is 6.10. The number of rotatable bonds is 7. The first-order valence-electron chi connectivity index (χ1n) is 9.03. The number of morpholine rings is 1. The molecule has 1 aliphatic rings. The van der Waals surface area contributed by atoms with Crippen LogP contribution in [-0.4, -0.2) is 50.0 Å². The Labute approximate surface area is 158 Å². The van der Waals surface area contributed by atoms with Crippen LogP contribution in [0.4, 0.5) is 0 Å². The second-order valence-electron chi connectivity index (χ2n) is 6.10. The van der Waals surface area contributed by atoms with Crippen LogP contribution in [-0.2, 0) is 9.53 Å². The van der Waals surface area contributed by atoms with Crippen molar-refractivity contribution in [1.29, 1.82) is 0 Å². The van der Waals surface area contributed by atoms with E-state index in [2.05, 4.69) is 0 Å². The summed E-state index contributed by atoms with van der Waals surface area (Å²) in [6.07, 6.45) is -0.0505. The van der Waals surface area contributed by atoms with Crippen molar-refractivity contribution in [1.82, 2.24) is 4.90 Å². The molecule has 2 aromatic carbocycles. The van der Waals surface area contributed by atoms with Crippen LogP contribution in [0.25, 0.3) is 0 Å². The highest BCUT2D eigenvalue weighted by Gasteiger charge is 2.29. The molecule has 1 atom stereocenters. The van der Waals surface area contributed by atoms with Gasteiger partial charge in [-0.25, -0.2) is 0 Å². The van der Waals surface area contributed by atoms with Gasteiger partial charge >= 0.3 is 0 Å². The molecule has 6 nitrogen and oxygen atoms in total. The van der Waals surface area contributed by atoms with Gasteiger partial charge in [-0.1, -0.05) is 30.3 Å². The predicted octanol–water partition coefficient (Wildman–Crippen LogP) is 2.88. The van der Waals surface area contributed by atoms with Crippen molar-refractivity contribution in [2.24, 2.45) is 0 Å². The van der Waals surface area contributed by atoms with E-state index in [0.29, 0.717) is 50.0 Å². The zero-order valence-corrected chi connectivity index (χ0v) is 15.3. The molecule has 1 heterocycles. The molecule has 0 aromatic heterocycles. The lowest BCUT2D eigenvalue weighted by Crippen LogP contribution is -2.44. The smallest absolute Gasteiger partial charge is 0.268 e. The summed E-state index contributed by atoms with van der Waals surface area (Å²) >= 11 is 0. The minimum Gasteiger partial charge on any atom is -0.490 e. The first-order valence-corrected chi connectivity index (χ1v) is 9.03. The van der Waals surface area contributed by atoms with Gasteiger partial charge < -0.3 is 19.1 Å². The van der Waals surface area contributed by atoms with Crippen molar-refractivity contribution in [2.45, 2.75) is 13.0 Å². The molecule has 0 unspecified atom stereocenters. The average molecular weight is 369 g/mol.